The Kier molecular flexibility index (Phi) is 3.67. The smallest absolute Gasteiger partial charge is 0.261 e. The van der Waals surface area contributed by atoms with Crippen molar-refractivity contribution in [2.45, 2.75) is 6.10 Å². The fourth-order valence-electron chi connectivity index (χ4n) is 2.76. The zero-order chi connectivity index (χ0) is 15.9. The van der Waals surface area contributed by atoms with Crippen LogP contribution < -0.4 is 10.6 Å². The van der Waals surface area contributed by atoms with Crippen molar-refractivity contribution in [1.82, 2.24) is 15.5 Å². The molecule has 3 amide bonds. The predicted molar refractivity (Wildman–Crippen MR) is 77.6 cm³/mol. The Morgan fingerprint density at radius 2 is 2.05 bits per heavy atom. The molecular formula is C15H17N3O4. The molecule has 0 aromatic heterocycles. The van der Waals surface area contributed by atoms with Gasteiger partial charge in [-0.3, -0.25) is 19.3 Å². The lowest BCUT2D eigenvalue weighted by Gasteiger charge is -2.14. The summed E-state index contributed by atoms with van der Waals surface area (Å²) in [6.07, 6.45) is -0.465. The molecule has 3 N–H and O–H groups in total. The van der Waals surface area contributed by atoms with E-state index in [0.29, 0.717) is 30.8 Å². The van der Waals surface area contributed by atoms with Gasteiger partial charge in [0.05, 0.1) is 17.2 Å². The summed E-state index contributed by atoms with van der Waals surface area (Å²) >= 11 is 0. The molecule has 22 heavy (non-hydrogen) atoms. The second-order valence-electron chi connectivity index (χ2n) is 5.63. The van der Waals surface area contributed by atoms with Gasteiger partial charge in [-0.25, -0.2) is 0 Å². The zero-order valence-electron chi connectivity index (χ0n) is 12.1. The number of carbonyl (C=O) groups excluding carboxylic acids is 3. The number of nitrogens with zero attached hydrogens (tertiary/aromatic N) is 1. The SMILES string of the molecule is CN1C(=O)c2ccc(C(=O)NCC3CNCC3O)cc2C1=O. The number of nitrogens with one attached hydrogen (secondary N) is 2. The largest absolute Gasteiger partial charge is 0.391 e. The monoisotopic (exact) mass is 303 g/mol. The average molecular weight is 303 g/mol. The Balaban J connectivity index is 1.72. The Labute approximate surface area is 127 Å². The van der Waals surface area contributed by atoms with E-state index in [4.69, 9.17) is 0 Å². The lowest BCUT2D eigenvalue weighted by atomic mass is 10.0. The van der Waals surface area contributed by atoms with Crippen LogP contribution in [0.2, 0.25) is 0 Å². The number of amides is 3. The molecule has 0 saturated carbocycles. The standard InChI is InChI=1S/C15H17N3O4/c1-18-14(21)10-3-2-8(4-11(10)15(18)22)13(20)17-6-9-5-16-7-12(9)19/h2-4,9,12,16,19H,5-7H2,1H3,(H,17,20). The van der Waals surface area contributed by atoms with Crippen LogP contribution in [0.5, 0.6) is 0 Å². The highest BCUT2D eigenvalue weighted by molar-refractivity contribution is 6.21. The first-order valence-corrected chi connectivity index (χ1v) is 7.12. The Bertz CT molecular complexity index is 658. The first-order valence-electron chi connectivity index (χ1n) is 7.12. The van der Waals surface area contributed by atoms with E-state index in [1.165, 1.54) is 25.2 Å². The van der Waals surface area contributed by atoms with Crippen LogP contribution in [0.25, 0.3) is 0 Å². The average Bonchev–Trinajstić information content (AvgIpc) is 3.02. The first kappa shape index (κ1) is 14.7. The van der Waals surface area contributed by atoms with Gasteiger partial charge in [-0.2, -0.15) is 0 Å². The summed E-state index contributed by atoms with van der Waals surface area (Å²) in [6.45, 7) is 1.54. The van der Waals surface area contributed by atoms with Crippen LogP contribution in [-0.4, -0.2) is 60.5 Å². The van der Waals surface area contributed by atoms with E-state index in [2.05, 4.69) is 10.6 Å². The van der Waals surface area contributed by atoms with E-state index in [9.17, 15) is 19.5 Å². The topological polar surface area (TPSA) is 98.7 Å². The summed E-state index contributed by atoms with van der Waals surface area (Å²) in [7, 11) is 1.42. The van der Waals surface area contributed by atoms with Gasteiger partial charge in [0.2, 0.25) is 0 Å². The number of aliphatic hydroxyl groups excluding tert-OH is 1. The first-order chi connectivity index (χ1) is 10.5. The van der Waals surface area contributed by atoms with E-state index in [-0.39, 0.29) is 23.3 Å². The van der Waals surface area contributed by atoms with Crippen molar-refractivity contribution >= 4 is 17.7 Å². The van der Waals surface area contributed by atoms with Crippen molar-refractivity contribution < 1.29 is 19.5 Å². The Hall–Kier alpha value is -2.25. The third kappa shape index (κ3) is 2.38. The number of hydrogen-bond acceptors (Lipinski definition) is 5. The highest BCUT2D eigenvalue weighted by Crippen LogP contribution is 2.22. The molecule has 0 spiro atoms. The fourth-order valence-corrected chi connectivity index (χ4v) is 2.76. The van der Waals surface area contributed by atoms with E-state index < -0.39 is 12.0 Å². The number of carbonyl (C=O) groups is 3. The maximum Gasteiger partial charge on any atom is 0.261 e. The van der Waals surface area contributed by atoms with E-state index in [0.717, 1.165) is 4.90 Å². The van der Waals surface area contributed by atoms with E-state index >= 15 is 0 Å². The van der Waals surface area contributed by atoms with Crippen molar-refractivity contribution in [3.05, 3.63) is 34.9 Å². The van der Waals surface area contributed by atoms with Crippen molar-refractivity contribution in [2.75, 3.05) is 26.7 Å². The molecule has 2 heterocycles. The molecule has 1 aromatic carbocycles. The minimum Gasteiger partial charge on any atom is -0.391 e. The number of aliphatic hydroxyl groups is 1. The number of imide groups is 1. The minimum atomic E-state index is -0.465. The van der Waals surface area contributed by atoms with E-state index in [1.807, 2.05) is 0 Å². The molecular weight excluding hydrogens is 286 g/mol. The summed E-state index contributed by atoms with van der Waals surface area (Å²) < 4.78 is 0. The second kappa shape index (κ2) is 5.51. The molecule has 0 bridgehead atoms. The van der Waals surface area contributed by atoms with Crippen LogP contribution in [0.1, 0.15) is 31.1 Å². The number of β-amino-alcohol motifs (C(OH)–C–C–N with tert-alkyl or cyclic N) is 1. The van der Waals surface area contributed by atoms with Crippen molar-refractivity contribution in [2.24, 2.45) is 5.92 Å². The fraction of sp³-hybridized carbons (Fsp3) is 0.400. The van der Waals surface area contributed by atoms with Gasteiger partial charge in [0.1, 0.15) is 0 Å². The maximum absolute atomic E-state index is 12.2. The molecule has 3 rings (SSSR count). The highest BCUT2D eigenvalue weighted by atomic mass is 16.3. The molecule has 116 valence electrons. The molecule has 1 saturated heterocycles. The molecule has 2 aliphatic heterocycles. The van der Waals surface area contributed by atoms with Crippen LogP contribution in [-0.2, 0) is 0 Å². The summed E-state index contributed by atoms with van der Waals surface area (Å²) in [5.74, 6) is -1.10. The van der Waals surface area contributed by atoms with Crippen molar-refractivity contribution in [3.63, 3.8) is 0 Å². The number of rotatable bonds is 3. The predicted octanol–water partition coefficient (Wildman–Crippen LogP) is -0.777. The van der Waals surface area contributed by atoms with Gasteiger partial charge in [0, 0.05) is 38.2 Å². The van der Waals surface area contributed by atoms with Crippen molar-refractivity contribution in [3.8, 4) is 0 Å². The normalized spacial score (nSPS) is 23.8. The number of hydrogen-bond donors (Lipinski definition) is 3. The molecule has 2 aliphatic rings. The molecule has 7 heteroatoms. The molecule has 0 aliphatic carbocycles. The highest BCUT2D eigenvalue weighted by Gasteiger charge is 2.33. The summed E-state index contributed by atoms with van der Waals surface area (Å²) in [6, 6.07) is 4.47. The van der Waals surface area contributed by atoms with Crippen LogP contribution in [0.4, 0.5) is 0 Å². The van der Waals surface area contributed by atoms with Crippen LogP contribution in [0.15, 0.2) is 18.2 Å². The number of fused-ring (bicyclic) bond motifs is 1. The van der Waals surface area contributed by atoms with Crippen molar-refractivity contribution in [1.29, 1.82) is 0 Å². The minimum absolute atomic E-state index is 0.0206. The number of benzene rings is 1. The van der Waals surface area contributed by atoms with Crippen LogP contribution >= 0.6 is 0 Å². The summed E-state index contributed by atoms with van der Waals surface area (Å²) in [5.41, 5.74) is 0.901. The third-order valence-corrected chi connectivity index (χ3v) is 4.18. The lowest BCUT2D eigenvalue weighted by Crippen LogP contribution is -2.34. The maximum atomic E-state index is 12.2. The van der Waals surface area contributed by atoms with E-state index in [1.54, 1.807) is 0 Å². The van der Waals surface area contributed by atoms with Gasteiger partial charge in [-0.15, -0.1) is 0 Å². The Morgan fingerprint density at radius 3 is 2.73 bits per heavy atom. The zero-order valence-corrected chi connectivity index (χ0v) is 12.1. The second-order valence-corrected chi connectivity index (χ2v) is 5.63. The molecule has 1 aromatic rings. The summed E-state index contributed by atoms with van der Waals surface area (Å²) in [5, 5.41) is 15.5. The third-order valence-electron chi connectivity index (χ3n) is 4.18. The van der Waals surface area contributed by atoms with Gasteiger partial charge >= 0.3 is 0 Å². The quantitative estimate of drug-likeness (QED) is 0.637. The molecule has 2 unspecified atom stereocenters. The van der Waals surface area contributed by atoms with Gasteiger partial charge in [0.25, 0.3) is 17.7 Å². The molecule has 7 nitrogen and oxygen atoms in total. The molecule has 0 radical (unpaired) electrons. The van der Waals surface area contributed by atoms with Gasteiger partial charge < -0.3 is 15.7 Å². The van der Waals surface area contributed by atoms with Gasteiger partial charge in [-0.05, 0) is 18.2 Å². The Morgan fingerprint density at radius 1 is 1.32 bits per heavy atom. The van der Waals surface area contributed by atoms with Crippen LogP contribution in [0.3, 0.4) is 0 Å². The van der Waals surface area contributed by atoms with Gasteiger partial charge in [-0.1, -0.05) is 0 Å². The van der Waals surface area contributed by atoms with Gasteiger partial charge in [0.15, 0.2) is 0 Å². The lowest BCUT2D eigenvalue weighted by molar-refractivity contribution is 0.0692. The van der Waals surface area contributed by atoms with Crippen LogP contribution in [0, 0.1) is 5.92 Å². The molecule has 2 atom stereocenters. The summed E-state index contributed by atoms with van der Waals surface area (Å²) in [4.78, 5) is 36.9. The molecule has 1 fully saturated rings.